The van der Waals surface area contributed by atoms with Crippen LogP contribution in [0, 0.1) is 0 Å². The number of carbonyl (C=O) groups is 2. The van der Waals surface area contributed by atoms with E-state index in [4.69, 9.17) is 14.6 Å². The normalized spacial score (nSPS) is 16.6. The largest absolute Gasteiger partial charge is 0.493 e. The second kappa shape index (κ2) is 8.71. The first-order valence-corrected chi connectivity index (χ1v) is 9.96. The predicted molar refractivity (Wildman–Crippen MR) is 116 cm³/mol. The van der Waals surface area contributed by atoms with Crippen LogP contribution in [0.1, 0.15) is 15.9 Å². The molecule has 2 aromatic carbocycles. The van der Waals surface area contributed by atoms with Gasteiger partial charge < -0.3 is 14.6 Å². The quantitative estimate of drug-likeness (QED) is 0.643. The number of rotatable bonds is 5. The number of carbonyl (C=O) groups excluding carboxylic acids is 1. The Kier molecular flexibility index (Phi) is 6.29. The summed E-state index contributed by atoms with van der Waals surface area (Å²) in [5, 5.41) is 9.58. The lowest BCUT2D eigenvalue weighted by atomic mass is 10.2. The van der Waals surface area contributed by atoms with Gasteiger partial charge in [0.25, 0.3) is 5.91 Å². The molecule has 1 N–H and O–H groups in total. The Morgan fingerprint density at radius 3 is 2.55 bits per heavy atom. The first-order valence-electron chi connectivity index (χ1n) is 8.35. The summed E-state index contributed by atoms with van der Waals surface area (Å²) in [5.74, 6) is -0.116. The van der Waals surface area contributed by atoms with Crippen molar-refractivity contribution in [1.29, 1.82) is 0 Å². The Morgan fingerprint density at radius 1 is 1.21 bits per heavy atom. The molecule has 7 nitrogen and oxygen atoms in total. The number of likely N-dealkylation sites (N-methyl/N-ethyl adjacent to an activating group) is 1. The van der Waals surface area contributed by atoms with Crippen molar-refractivity contribution in [2.24, 2.45) is 4.99 Å². The number of thioether (sulfide) groups is 1. The lowest BCUT2D eigenvalue weighted by molar-refractivity contribution is -0.121. The van der Waals surface area contributed by atoms with Crippen molar-refractivity contribution < 1.29 is 24.2 Å². The van der Waals surface area contributed by atoms with Crippen molar-refractivity contribution in [2.75, 3.05) is 21.3 Å². The van der Waals surface area contributed by atoms with E-state index >= 15 is 0 Å². The molecule has 29 heavy (non-hydrogen) atoms. The highest BCUT2D eigenvalue weighted by Gasteiger charge is 2.30. The van der Waals surface area contributed by atoms with Gasteiger partial charge in [-0.2, -0.15) is 0 Å². The minimum atomic E-state index is -1.03. The van der Waals surface area contributed by atoms with Crippen LogP contribution in [0.15, 0.2) is 50.8 Å². The Labute approximate surface area is 180 Å². The van der Waals surface area contributed by atoms with E-state index in [0.29, 0.717) is 27.3 Å². The van der Waals surface area contributed by atoms with Crippen molar-refractivity contribution in [1.82, 2.24) is 4.90 Å². The van der Waals surface area contributed by atoms with Crippen molar-refractivity contribution in [3.8, 4) is 11.5 Å². The molecule has 1 fully saturated rings. The third kappa shape index (κ3) is 4.46. The number of ether oxygens (including phenoxy) is 2. The van der Waals surface area contributed by atoms with Gasteiger partial charge in [-0.05, 0) is 53.7 Å². The van der Waals surface area contributed by atoms with Gasteiger partial charge in [0, 0.05) is 11.5 Å². The van der Waals surface area contributed by atoms with Crippen LogP contribution < -0.4 is 9.47 Å². The molecule has 3 rings (SSSR count). The van der Waals surface area contributed by atoms with Crippen LogP contribution in [-0.4, -0.2) is 48.3 Å². The zero-order valence-electron chi connectivity index (χ0n) is 15.8. The van der Waals surface area contributed by atoms with Gasteiger partial charge in [-0.25, -0.2) is 9.79 Å². The molecule has 150 valence electrons. The van der Waals surface area contributed by atoms with Gasteiger partial charge >= 0.3 is 5.97 Å². The fraction of sp³-hybridized carbons (Fsp3) is 0.150. The molecule has 1 aliphatic heterocycles. The first kappa shape index (κ1) is 20.9. The smallest absolute Gasteiger partial charge is 0.335 e. The number of amidine groups is 1. The number of halogens is 1. The second-order valence-corrected chi connectivity index (χ2v) is 7.82. The molecule has 1 aliphatic rings. The fourth-order valence-electron chi connectivity index (χ4n) is 2.59. The molecule has 0 saturated carbocycles. The minimum absolute atomic E-state index is 0.133. The molecule has 0 bridgehead atoms. The maximum Gasteiger partial charge on any atom is 0.335 e. The van der Waals surface area contributed by atoms with E-state index < -0.39 is 5.97 Å². The average molecular weight is 477 g/mol. The maximum atomic E-state index is 12.7. The van der Waals surface area contributed by atoms with Crippen LogP contribution in [0.5, 0.6) is 11.5 Å². The number of carboxylic acid groups (broad SMARTS) is 1. The van der Waals surface area contributed by atoms with E-state index in [1.807, 2.05) is 0 Å². The number of hydrogen-bond acceptors (Lipinski definition) is 6. The van der Waals surface area contributed by atoms with Crippen molar-refractivity contribution >= 4 is 56.5 Å². The highest BCUT2D eigenvalue weighted by Crippen LogP contribution is 2.38. The van der Waals surface area contributed by atoms with Crippen LogP contribution in [0.2, 0.25) is 0 Å². The summed E-state index contributed by atoms with van der Waals surface area (Å²) in [4.78, 5) is 30.1. The second-order valence-electron chi connectivity index (χ2n) is 5.95. The summed E-state index contributed by atoms with van der Waals surface area (Å²) < 4.78 is 11.3. The van der Waals surface area contributed by atoms with Crippen LogP contribution >= 0.6 is 27.7 Å². The number of methoxy groups -OCH3 is 2. The number of hydrogen-bond donors (Lipinski definition) is 1. The third-order valence-electron chi connectivity index (χ3n) is 4.11. The highest BCUT2D eigenvalue weighted by atomic mass is 79.9. The van der Waals surface area contributed by atoms with Gasteiger partial charge in [-0.15, -0.1) is 0 Å². The molecular weight excluding hydrogens is 460 g/mol. The molecular formula is C20H17BrN2O5S. The number of benzene rings is 2. The van der Waals surface area contributed by atoms with Gasteiger partial charge in [0.15, 0.2) is 16.7 Å². The highest BCUT2D eigenvalue weighted by molar-refractivity contribution is 9.10. The summed E-state index contributed by atoms with van der Waals surface area (Å²) in [7, 11) is 4.72. The van der Waals surface area contributed by atoms with E-state index in [-0.39, 0.29) is 11.5 Å². The average Bonchev–Trinajstić information content (AvgIpc) is 2.97. The van der Waals surface area contributed by atoms with Gasteiger partial charge in [-0.1, -0.05) is 22.0 Å². The zero-order valence-corrected chi connectivity index (χ0v) is 18.2. The number of carboxylic acids is 1. The number of amides is 1. The van der Waals surface area contributed by atoms with E-state index in [1.165, 1.54) is 28.8 Å². The Morgan fingerprint density at radius 2 is 1.90 bits per heavy atom. The van der Waals surface area contributed by atoms with Crippen LogP contribution in [0.25, 0.3) is 6.08 Å². The Bertz CT molecular complexity index is 1050. The molecule has 0 radical (unpaired) electrons. The van der Waals surface area contributed by atoms with Crippen molar-refractivity contribution in [2.45, 2.75) is 0 Å². The van der Waals surface area contributed by atoms with Crippen molar-refractivity contribution in [3.05, 3.63) is 56.9 Å². The zero-order chi connectivity index (χ0) is 21.1. The molecule has 0 aliphatic carbocycles. The lowest BCUT2D eigenvalue weighted by Crippen LogP contribution is -2.23. The molecule has 0 aromatic heterocycles. The topological polar surface area (TPSA) is 88.4 Å². The molecule has 1 amide bonds. The third-order valence-corrected chi connectivity index (χ3v) is 5.86. The van der Waals surface area contributed by atoms with Gasteiger partial charge in [0.1, 0.15) is 0 Å². The van der Waals surface area contributed by atoms with Crippen LogP contribution in [0.3, 0.4) is 0 Å². The maximum absolute atomic E-state index is 12.7. The summed E-state index contributed by atoms with van der Waals surface area (Å²) >= 11 is 4.69. The van der Waals surface area contributed by atoms with E-state index in [0.717, 1.165) is 10.0 Å². The van der Waals surface area contributed by atoms with E-state index in [1.54, 1.807) is 51.6 Å². The fourth-order valence-corrected chi connectivity index (χ4v) is 4.01. The predicted octanol–water partition coefficient (Wildman–Crippen LogP) is 4.40. The molecule has 9 heteroatoms. The monoisotopic (exact) mass is 476 g/mol. The number of nitrogens with zero attached hydrogens (tertiary/aromatic N) is 2. The summed E-state index contributed by atoms with van der Waals surface area (Å²) in [6, 6.07) is 9.79. The molecule has 0 atom stereocenters. The lowest BCUT2D eigenvalue weighted by Gasteiger charge is -2.10. The first-order chi connectivity index (χ1) is 13.8. The van der Waals surface area contributed by atoms with Gasteiger partial charge in [-0.3, -0.25) is 9.69 Å². The molecule has 1 saturated heterocycles. The van der Waals surface area contributed by atoms with Crippen LogP contribution in [-0.2, 0) is 4.79 Å². The Balaban J connectivity index is 1.95. The van der Waals surface area contributed by atoms with E-state index in [2.05, 4.69) is 20.9 Å². The molecule has 1 heterocycles. The van der Waals surface area contributed by atoms with Gasteiger partial charge in [0.2, 0.25) is 0 Å². The SMILES string of the molecule is COc1cc(Br)c(/C=C2/SC(=Nc3cccc(C(=O)O)c3)N(C)C2=O)cc1OC. The minimum Gasteiger partial charge on any atom is -0.493 e. The number of aromatic carboxylic acids is 1. The van der Waals surface area contributed by atoms with Gasteiger partial charge in [0.05, 0.1) is 30.4 Å². The number of aliphatic imine (C=N–C) groups is 1. The van der Waals surface area contributed by atoms with E-state index in [9.17, 15) is 9.59 Å². The summed E-state index contributed by atoms with van der Waals surface area (Å²) in [6.07, 6.45) is 1.74. The summed E-state index contributed by atoms with van der Waals surface area (Å²) in [6.45, 7) is 0. The molecule has 0 spiro atoms. The van der Waals surface area contributed by atoms with Crippen molar-refractivity contribution in [3.63, 3.8) is 0 Å². The molecule has 0 unspecified atom stereocenters. The van der Waals surface area contributed by atoms with Crippen LogP contribution in [0.4, 0.5) is 5.69 Å². The molecule has 2 aromatic rings. The standard InChI is InChI=1S/C20H17BrN2O5S/c1-23-18(24)17(9-12-8-15(27-2)16(28-3)10-14(12)21)29-20(23)22-13-6-4-5-11(7-13)19(25)26/h4-10H,1-3H3,(H,25,26)/b17-9+,22-20?. The summed E-state index contributed by atoms with van der Waals surface area (Å²) in [5.41, 5.74) is 1.34. The Hall–Kier alpha value is -2.78.